The number of rotatable bonds is 7. The Morgan fingerprint density at radius 3 is 2.46 bits per heavy atom. The smallest absolute Gasteiger partial charge is 0.265 e. The topological polar surface area (TPSA) is 71.3 Å². The molecule has 0 aliphatic rings. The summed E-state index contributed by atoms with van der Waals surface area (Å²) in [5, 5.41) is 11.7. The van der Waals surface area contributed by atoms with Gasteiger partial charge < -0.3 is 14.8 Å². The third kappa shape index (κ3) is 5.36. The van der Waals surface area contributed by atoms with Gasteiger partial charge in [0.05, 0.1) is 11.6 Å². The monoisotopic (exact) mass is 372 g/mol. The number of nitrogens with one attached hydrogen (secondary N) is 1. The van der Waals surface area contributed by atoms with Crippen molar-refractivity contribution in [2.45, 2.75) is 19.6 Å². The van der Waals surface area contributed by atoms with Crippen LogP contribution >= 0.6 is 0 Å². The number of amides is 1. The molecule has 0 unspecified atom stereocenters. The number of anilines is 1. The summed E-state index contributed by atoms with van der Waals surface area (Å²) >= 11 is 0. The Bertz CT molecular complexity index is 963. The van der Waals surface area contributed by atoms with Crippen molar-refractivity contribution in [2.24, 2.45) is 0 Å². The van der Waals surface area contributed by atoms with Crippen LogP contribution in [0.3, 0.4) is 0 Å². The van der Waals surface area contributed by atoms with Gasteiger partial charge in [-0.25, -0.2) is 0 Å². The zero-order valence-electron chi connectivity index (χ0n) is 15.5. The van der Waals surface area contributed by atoms with Crippen LogP contribution in [0.25, 0.3) is 0 Å². The first-order valence-electron chi connectivity index (χ1n) is 8.88. The number of ether oxygens (including phenoxy) is 2. The van der Waals surface area contributed by atoms with Gasteiger partial charge in [-0.15, -0.1) is 0 Å². The Morgan fingerprint density at radius 1 is 1.00 bits per heavy atom. The van der Waals surface area contributed by atoms with Crippen LogP contribution in [-0.2, 0) is 11.4 Å². The van der Waals surface area contributed by atoms with E-state index in [-0.39, 0.29) is 5.91 Å². The largest absolute Gasteiger partial charge is 0.489 e. The number of nitrogens with zero attached hydrogens (tertiary/aromatic N) is 1. The Labute approximate surface area is 164 Å². The zero-order valence-corrected chi connectivity index (χ0v) is 15.5. The average molecular weight is 372 g/mol. The molecule has 0 aliphatic carbocycles. The summed E-state index contributed by atoms with van der Waals surface area (Å²) in [6, 6.07) is 25.8. The maximum Gasteiger partial charge on any atom is 0.265 e. The summed E-state index contributed by atoms with van der Waals surface area (Å²) < 4.78 is 11.4. The molecule has 0 aliphatic heterocycles. The first kappa shape index (κ1) is 19.0. The molecule has 140 valence electrons. The number of nitriles is 1. The van der Waals surface area contributed by atoms with Gasteiger partial charge in [0.25, 0.3) is 5.91 Å². The maximum atomic E-state index is 12.3. The molecule has 0 radical (unpaired) electrons. The van der Waals surface area contributed by atoms with E-state index in [1.54, 1.807) is 55.5 Å². The number of carbonyl (C=O) groups excluding carboxylic acids is 1. The third-order valence-electron chi connectivity index (χ3n) is 4.02. The summed E-state index contributed by atoms with van der Waals surface area (Å²) in [7, 11) is 0. The highest BCUT2D eigenvalue weighted by atomic mass is 16.5. The van der Waals surface area contributed by atoms with E-state index in [2.05, 4.69) is 5.32 Å². The fourth-order valence-corrected chi connectivity index (χ4v) is 2.52. The molecule has 1 amide bonds. The van der Waals surface area contributed by atoms with Gasteiger partial charge in [-0.1, -0.05) is 36.4 Å². The Hall–Kier alpha value is -3.78. The van der Waals surface area contributed by atoms with Gasteiger partial charge in [-0.2, -0.15) is 5.26 Å². The zero-order chi connectivity index (χ0) is 19.8. The lowest BCUT2D eigenvalue weighted by molar-refractivity contribution is -0.122. The lowest BCUT2D eigenvalue weighted by Gasteiger charge is -2.15. The van der Waals surface area contributed by atoms with Crippen LogP contribution in [0, 0.1) is 11.3 Å². The number of hydrogen-bond donors (Lipinski definition) is 1. The average Bonchev–Trinajstić information content (AvgIpc) is 2.74. The fourth-order valence-electron chi connectivity index (χ4n) is 2.52. The molecule has 1 N–H and O–H groups in total. The van der Waals surface area contributed by atoms with Gasteiger partial charge in [-0.3, -0.25) is 4.79 Å². The number of hydrogen-bond acceptors (Lipinski definition) is 4. The molecular weight excluding hydrogens is 352 g/mol. The summed E-state index contributed by atoms with van der Waals surface area (Å²) in [6.45, 7) is 2.14. The second-order valence-electron chi connectivity index (χ2n) is 6.19. The standard InChI is InChI=1S/C23H20N2O3/c1-17(28-22-9-5-8-19(14-22)15-24)23(26)25-20-10-12-21(13-11-20)27-16-18-6-3-2-4-7-18/h2-14,17H,16H2,1H3,(H,25,26)/t17-/m1/s1. The van der Waals surface area contributed by atoms with Gasteiger partial charge in [0.1, 0.15) is 18.1 Å². The molecule has 0 spiro atoms. The van der Waals surface area contributed by atoms with Crippen molar-refractivity contribution in [1.82, 2.24) is 0 Å². The highest BCUT2D eigenvalue weighted by Crippen LogP contribution is 2.18. The molecule has 0 saturated carbocycles. The molecule has 0 aromatic heterocycles. The predicted molar refractivity (Wildman–Crippen MR) is 107 cm³/mol. The molecule has 28 heavy (non-hydrogen) atoms. The molecule has 1 atom stereocenters. The highest BCUT2D eigenvalue weighted by Gasteiger charge is 2.15. The summed E-state index contributed by atoms with van der Waals surface area (Å²) in [5.41, 5.74) is 2.22. The van der Waals surface area contributed by atoms with Gasteiger partial charge in [0.2, 0.25) is 0 Å². The Balaban J connectivity index is 1.52. The fraction of sp³-hybridized carbons (Fsp3) is 0.130. The van der Waals surface area contributed by atoms with Crippen molar-refractivity contribution < 1.29 is 14.3 Å². The molecule has 3 rings (SSSR count). The van der Waals surface area contributed by atoms with Crippen molar-refractivity contribution in [2.75, 3.05) is 5.32 Å². The minimum atomic E-state index is -0.706. The van der Waals surface area contributed by atoms with Crippen LogP contribution in [0.15, 0.2) is 78.9 Å². The van der Waals surface area contributed by atoms with Gasteiger partial charge in [-0.05, 0) is 55.0 Å². The van der Waals surface area contributed by atoms with E-state index in [1.807, 2.05) is 36.4 Å². The van der Waals surface area contributed by atoms with Crippen LogP contribution in [0.2, 0.25) is 0 Å². The van der Waals surface area contributed by atoms with Crippen LogP contribution in [0.4, 0.5) is 5.69 Å². The third-order valence-corrected chi connectivity index (χ3v) is 4.02. The maximum absolute atomic E-state index is 12.3. The molecular formula is C23H20N2O3. The van der Waals surface area contributed by atoms with Crippen molar-refractivity contribution in [3.63, 3.8) is 0 Å². The molecule has 0 saturated heterocycles. The van der Waals surface area contributed by atoms with Crippen LogP contribution in [0.1, 0.15) is 18.1 Å². The van der Waals surface area contributed by atoms with E-state index in [9.17, 15) is 4.79 Å². The Kier molecular flexibility index (Phi) is 6.27. The van der Waals surface area contributed by atoms with Gasteiger partial charge >= 0.3 is 0 Å². The Morgan fingerprint density at radius 2 is 1.75 bits per heavy atom. The van der Waals surface area contributed by atoms with E-state index in [1.165, 1.54) is 0 Å². The van der Waals surface area contributed by atoms with Crippen LogP contribution in [0.5, 0.6) is 11.5 Å². The van der Waals surface area contributed by atoms with Gasteiger partial charge in [0, 0.05) is 5.69 Å². The first-order valence-corrected chi connectivity index (χ1v) is 8.88. The predicted octanol–water partition coefficient (Wildman–Crippen LogP) is 4.54. The molecule has 5 heteroatoms. The highest BCUT2D eigenvalue weighted by molar-refractivity contribution is 5.94. The SMILES string of the molecule is C[C@@H](Oc1cccc(C#N)c1)C(=O)Nc1ccc(OCc2ccccc2)cc1. The van der Waals surface area contributed by atoms with E-state index in [0.717, 1.165) is 11.3 Å². The van der Waals surface area contributed by atoms with Crippen LogP contribution in [-0.4, -0.2) is 12.0 Å². The summed E-state index contributed by atoms with van der Waals surface area (Å²) in [4.78, 5) is 12.3. The number of benzene rings is 3. The molecule has 3 aromatic carbocycles. The minimum Gasteiger partial charge on any atom is -0.489 e. The number of carbonyl (C=O) groups is 1. The second kappa shape index (κ2) is 9.24. The van der Waals surface area contributed by atoms with Gasteiger partial charge in [0.15, 0.2) is 6.10 Å². The van der Waals surface area contributed by atoms with E-state index in [4.69, 9.17) is 14.7 Å². The quantitative estimate of drug-likeness (QED) is 0.661. The first-order chi connectivity index (χ1) is 13.6. The summed E-state index contributed by atoms with van der Waals surface area (Å²) in [5.74, 6) is 0.922. The molecule has 3 aromatic rings. The molecule has 0 fully saturated rings. The van der Waals surface area contributed by atoms with Crippen molar-refractivity contribution in [3.8, 4) is 17.6 Å². The van der Waals surface area contributed by atoms with Crippen LogP contribution < -0.4 is 14.8 Å². The molecule has 0 heterocycles. The van der Waals surface area contributed by atoms with Crippen molar-refractivity contribution >= 4 is 11.6 Å². The lowest BCUT2D eigenvalue weighted by Crippen LogP contribution is -2.30. The summed E-state index contributed by atoms with van der Waals surface area (Å²) in [6.07, 6.45) is -0.706. The molecule has 0 bridgehead atoms. The van der Waals surface area contributed by atoms with Crippen molar-refractivity contribution in [3.05, 3.63) is 90.0 Å². The normalized spacial score (nSPS) is 11.1. The van der Waals surface area contributed by atoms with E-state index >= 15 is 0 Å². The van der Waals surface area contributed by atoms with E-state index in [0.29, 0.717) is 23.6 Å². The van der Waals surface area contributed by atoms with Crippen molar-refractivity contribution in [1.29, 1.82) is 5.26 Å². The molecule has 5 nitrogen and oxygen atoms in total. The van der Waals surface area contributed by atoms with E-state index < -0.39 is 6.10 Å². The second-order valence-corrected chi connectivity index (χ2v) is 6.19. The lowest BCUT2D eigenvalue weighted by atomic mass is 10.2. The minimum absolute atomic E-state index is 0.277.